The molecule has 0 spiro atoms. The monoisotopic (exact) mass is 431 g/mol. The summed E-state index contributed by atoms with van der Waals surface area (Å²) in [5.74, 6) is -2.66. The number of benzene rings is 1. The highest BCUT2D eigenvalue weighted by molar-refractivity contribution is 9.11. The topological polar surface area (TPSA) is 64.6 Å². The fourth-order valence-corrected chi connectivity index (χ4v) is 2.98. The van der Waals surface area contributed by atoms with E-state index in [1.165, 1.54) is 20.0 Å². The van der Waals surface area contributed by atoms with Gasteiger partial charge in [0, 0.05) is 29.0 Å². The van der Waals surface area contributed by atoms with Crippen molar-refractivity contribution in [2.24, 2.45) is 0 Å². The maximum Gasteiger partial charge on any atom is 0.350 e. The zero-order valence-corrected chi connectivity index (χ0v) is 15.7. The Bertz CT molecular complexity index is 673. The van der Waals surface area contributed by atoms with E-state index < -0.39 is 17.7 Å². The Labute approximate surface area is 145 Å². The van der Waals surface area contributed by atoms with Gasteiger partial charge < -0.3 is 14.8 Å². The normalized spacial score (nSPS) is 16.9. The third kappa shape index (κ3) is 3.35. The number of carbonyl (C=O) groups is 2. The maximum absolute atomic E-state index is 11.9. The van der Waals surface area contributed by atoms with Gasteiger partial charge in [-0.2, -0.15) is 0 Å². The average Bonchev–Trinajstić information content (AvgIpc) is 2.39. The van der Waals surface area contributed by atoms with Gasteiger partial charge in [0.05, 0.1) is 5.69 Å². The molecule has 0 aromatic heterocycles. The average molecular weight is 433 g/mol. The van der Waals surface area contributed by atoms with Gasteiger partial charge in [-0.1, -0.05) is 15.9 Å². The molecule has 1 N–H and O–H groups in total. The van der Waals surface area contributed by atoms with Crippen LogP contribution in [0, 0.1) is 13.8 Å². The number of esters is 2. The molecular formula is C15H15Br2NO4. The number of nitrogens with one attached hydrogen (secondary N) is 1. The predicted octanol–water partition coefficient (Wildman–Crippen LogP) is 3.96. The van der Waals surface area contributed by atoms with Gasteiger partial charge in [-0.05, 0) is 47.0 Å². The summed E-state index contributed by atoms with van der Waals surface area (Å²) >= 11 is 6.99. The van der Waals surface area contributed by atoms with Crippen molar-refractivity contribution in [3.63, 3.8) is 0 Å². The highest BCUT2D eigenvalue weighted by Gasteiger charge is 2.38. The number of halogens is 2. The van der Waals surface area contributed by atoms with Crippen molar-refractivity contribution in [2.45, 2.75) is 33.5 Å². The second-order valence-electron chi connectivity index (χ2n) is 5.38. The molecule has 0 radical (unpaired) electrons. The summed E-state index contributed by atoms with van der Waals surface area (Å²) in [4.78, 5) is 23.7. The molecule has 0 atom stereocenters. The zero-order chi connectivity index (χ0) is 16.7. The van der Waals surface area contributed by atoms with E-state index in [9.17, 15) is 9.59 Å². The van der Waals surface area contributed by atoms with Crippen molar-refractivity contribution >= 4 is 49.5 Å². The van der Waals surface area contributed by atoms with Gasteiger partial charge in [-0.25, -0.2) is 9.59 Å². The van der Waals surface area contributed by atoms with Crippen LogP contribution in [0.4, 0.5) is 5.69 Å². The van der Waals surface area contributed by atoms with Crippen LogP contribution < -0.4 is 5.32 Å². The van der Waals surface area contributed by atoms with Crippen LogP contribution in [-0.2, 0) is 19.1 Å². The van der Waals surface area contributed by atoms with Gasteiger partial charge in [0.15, 0.2) is 5.57 Å². The quantitative estimate of drug-likeness (QED) is 0.435. The van der Waals surface area contributed by atoms with Gasteiger partial charge in [-0.3, -0.25) is 0 Å². The highest BCUT2D eigenvalue weighted by atomic mass is 79.9. The molecule has 5 nitrogen and oxygen atoms in total. The van der Waals surface area contributed by atoms with Crippen LogP contribution in [0.5, 0.6) is 0 Å². The summed E-state index contributed by atoms with van der Waals surface area (Å²) < 4.78 is 11.9. The molecule has 1 heterocycles. The van der Waals surface area contributed by atoms with E-state index in [1.807, 2.05) is 19.9 Å². The van der Waals surface area contributed by atoms with Crippen LogP contribution in [-0.4, -0.2) is 17.7 Å². The summed E-state index contributed by atoms with van der Waals surface area (Å²) in [7, 11) is 0. The number of ether oxygens (including phenoxy) is 2. The lowest BCUT2D eigenvalue weighted by atomic mass is 10.1. The van der Waals surface area contributed by atoms with Gasteiger partial charge in [0.2, 0.25) is 0 Å². The first-order chi connectivity index (χ1) is 10.1. The molecule has 2 rings (SSSR count). The van der Waals surface area contributed by atoms with Crippen molar-refractivity contribution in [3.8, 4) is 0 Å². The fraction of sp³-hybridized carbons (Fsp3) is 0.333. The molecule has 0 aliphatic carbocycles. The molecule has 1 aromatic carbocycles. The molecule has 1 aliphatic rings. The first-order valence-electron chi connectivity index (χ1n) is 6.51. The number of rotatable bonds is 2. The van der Waals surface area contributed by atoms with Crippen LogP contribution in [0.3, 0.4) is 0 Å². The number of cyclic esters (lactones) is 2. The lowest BCUT2D eigenvalue weighted by Gasteiger charge is -2.29. The molecule has 22 heavy (non-hydrogen) atoms. The van der Waals surface area contributed by atoms with E-state index >= 15 is 0 Å². The minimum absolute atomic E-state index is 0.176. The molecule has 0 saturated carbocycles. The van der Waals surface area contributed by atoms with E-state index in [0.717, 1.165) is 25.8 Å². The molecule has 7 heteroatoms. The van der Waals surface area contributed by atoms with Gasteiger partial charge >= 0.3 is 11.9 Å². The van der Waals surface area contributed by atoms with Crippen molar-refractivity contribution in [1.29, 1.82) is 0 Å². The molecule has 1 saturated heterocycles. The summed E-state index contributed by atoms with van der Waals surface area (Å²) in [5, 5.41) is 2.95. The summed E-state index contributed by atoms with van der Waals surface area (Å²) in [6.07, 6.45) is 1.30. The number of aryl methyl sites for hydroxylation is 1. The van der Waals surface area contributed by atoms with E-state index in [2.05, 4.69) is 37.2 Å². The number of hydrogen-bond acceptors (Lipinski definition) is 5. The highest BCUT2D eigenvalue weighted by Crippen LogP contribution is 2.34. The minimum atomic E-state index is -1.24. The Morgan fingerprint density at radius 3 is 2.18 bits per heavy atom. The Balaban J connectivity index is 2.30. The van der Waals surface area contributed by atoms with Crippen LogP contribution in [0.1, 0.15) is 25.0 Å². The van der Waals surface area contributed by atoms with Crippen LogP contribution >= 0.6 is 31.9 Å². The molecule has 1 aromatic rings. The minimum Gasteiger partial charge on any atom is -0.419 e. The van der Waals surface area contributed by atoms with Crippen molar-refractivity contribution in [3.05, 3.63) is 37.9 Å². The Hall–Kier alpha value is -1.34. The standard InChI is InChI=1S/C15H15Br2NO4/c1-7-5-10(12(17)8(2)11(7)16)18-6-9-13(19)21-15(3,4)22-14(9)20/h5-6,18H,1-4H3. The van der Waals surface area contributed by atoms with Crippen molar-refractivity contribution in [1.82, 2.24) is 0 Å². The van der Waals surface area contributed by atoms with Crippen LogP contribution in [0.15, 0.2) is 26.8 Å². The molecule has 0 bridgehead atoms. The smallest absolute Gasteiger partial charge is 0.350 e. The fourth-order valence-electron chi connectivity index (χ4n) is 1.97. The van der Waals surface area contributed by atoms with Crippen LogP contribution in [0.2, 0.25) is 0 Å². The van der Waals surface area contributed by atoms with E-state index in [0.29, 0.717) is 0 Å². The number of anilines is 1. The predicted molar refractivity (Wildman–Crippen MR) is 89.3 cm³/mol. The Kier molecular flexibility index (Phi) is 4.67. The second kappa shape index (κ2) is 6.04. The first kappa shape index (κ1) is 17.0. The van der Waals surface area contributed by atoms with Gasteiger partial charge in [-0.15, -0.1) is 0 Å². The van der Waals surface area contributed by atoms with Crippen LogP contribution in [0.25, 0.3) is 0 Å². The number of carbonyl (C=O) groups excluding carboxylic acids is 2. The second-order valence-corrected chi connectivity index (χ2v) is 6.96. The third-order valence-corrected chi connectivity index (χ3v) is 5.33. The van der Waals surface area contributed by atoms with E-state index in [-0.39, 0.29) is 5.57 Å². The van der Waals surface area contributed by atoms with Gasteiger partial charge in [0.25, 0.3) is 5.79 Å². The summed E-state index contributed by atoms with van der Waals surface area (Å²) in [6.45, 7) is 6.91. The van der Waals surface area contributed by atoms with Crippen molar-refractivity contribution < 1.29 is 19.1 Å². The van der Waals surface area contributed by atoms with E-state index in [4.69, 9.17) is 9.47 Å². The first-order valence-corrected chi connectivity index (χ1v) is 8.09. The molecule has 1 fully saturated rings. The largest absolute Gasteiger partial charge is 0.419 e. The summed E-state index contributed by atoms with van der Waals surface area (Å²) in [5.41, 5.74) is 2.59. The number of hydrogen-bond donors (Lipinski definition) is 1. The molecule has 0 unspecified atom stereocenters. The summed E-state index contributed by atoms with van der Waals surface area (Å²) in [6, 6.07) is 1.89. The molecule has 0 amide bonds. The van der Waals surface area contributed by atoms with Crippen molar-refractivity contribution in [2.75, 3.05) is 5.32 Å². The third-order valence-electron chi connectivity index (χ3n) is 3.09. The zero-order valence-electron chi connectivity index (χ0n) is 12.5. The lowest BCUT2D eigenvalue weighted by molar-refractivity contribution is -0.222. The SMILES string of the molecule is Cc1cc(NC=C2C(=O)OC(C)(C)OC2=O)c(Br)c(C)c1Br. The molecule has 118 valence electrons. The molecular weight excluding hydrogens is 418 g/mol. The molecule has 1 aliphatic heterocycles. The maximum atomic E-state index is 11.9. The lowest BCUT2D eigenvalue weighted by Crippen LogP contribution is -2.42. The Morgan fingerprint density at radius 2 is 1.64 bits per heavy atom. The Morgan fingerprint density at radius 1 is 1.09 bits per heavy atom. The van der Waals surface area contributed by atoms with Gasteiger partial charge in [0.1, 0.15) is 0 Å². The van der Waals surface area contributed by atoms with E-state index in [1.54, 1.807) is 0 Å².